The zero-order valence-electron chi connectivity index (χ0n) is 28.2. The maximum atomic E-state index is 3.53. The number of thiophene rings is 1. The van der Waals surface area contributed by atoms with E-state index in [2.05, 4.69) is 174 Å². The molecule has 0 saturated heterocycles. The second-order valence-corrected chi connectivity index (χ2v) is 15.7. The van der Waals surface area contributed by atoms with E-state index in [4.69, 9.17) is 0 Å². The van der Waals surface area contributed by atoms with E-state index in [0.29, 0.717) is 0 Å². The molecule has 0 atom stereocenters. The molecule has 0 nitrogen and oxygen atoms in total. The minimum atomic E-state index is 0. The van der Waals surface area contributed by atoms with Crippen LogP contribution in [-0.2, 0) is 41.5 Å². The first-order chi connectivity index (χ1) is 21.5. The molecule has 47 heavy (non-hydrogen) atoms. The van der Waals surface area contributed by atoms with Gasteiger partial charge in [-0.3, -0.25) is 0 Å². The van der Waals surface area contributed by atoms with Crippen LogP contribution in [0.5, 0.6) is 0 Å². The Morgan fingerprint density at radius 3 is 1.83 bits per heavy atom. The third-order valence-corrected chi connectivity index (χ3v) is 10.3. The summed E-state index contributed by atoms with van der Waals surface area (Å²) in [5.74, 6) is 0. The molecular weight excluding hydrogens is 711 g/mol. The summed E-state index contributed by atoms with van der Waals surface area (Å²) in [7, 11) is 0. The molecule has 4 heteroatoms. The van der Waals surface area contributed by atoms with Crippen LogP contribution in [0, 0.1) is 12.1 Å². The second-order valence-electron chi connectivity index (χ2n) is 13.6. The number of hydrogen-bond donors (Lipinski definition) is 0. The molecular formula is C43H44Cl2SZr. The van der Waals surface area contributed by atoms with E-state index in [1.165, 1.54) is 83.1 Å². The summed E-state index contributed by atoms with van der Waals surface area (Å²) < 4.78 is 1.42. The van der Waals surface area contributed by atoms with Gasteiger partial charge in [0.25, 0.3) is 0 Å². The van der Waals surface area contributed by atoms with Crippen LogP contribution in [0.25, 0.3) is 16.7 Å². The van der Waals surface area contributed by atoms with Crippen LogP contribution in [0.15, 0.2) is 120 Å². The van der Waals surface area contributed by atoms with Gasteiger partial charge in [0.05, 0.1) is 0 Å². The van der Waals surface area contributed by atoms with Crippen molar-refractivity contribution in [3.8, 4) is 11.1 Å². The summed E-state index contributed by atoms with van der Waals surface area (Å²) in [6.07, 6.45) is 9.53. The van der Waals surface area contributed by atoms with Gasteiger partial charge in [0.1, 0.15) is 0 Å². The van der Waals surface area contributed by atoms with Crippen molar-refractivity contribution in [2.75, 3.05) is 0 Å². The molecule has 0 N–H and O–H groups in total. The summed E-state index contributed by atoms with van der Waals surface area (Å²) >= 11 is 3.19. The third-order valence-electron chi connectivity index (χ3n) is 8.18. The van der Waals surface area contributed by atoms with Gasteiger partial charge in [-0.1, -0.05) is 94.2 Å². The molecule has 0 saturated carbocycles. The van der Waals surface area contributed by atoms with E-state index in [-0.39, 0.29) is 35.6 Å². The average molecular weight is 755 g/mol. The molecule has 4 aromatic carbocycles. The fourth-order valence-corrected chi connectivity index (χ4v) is 6.86. The van der Waals surface area contributed by atoms with Crippen LogP contribution < -0.4 is 0 Å². The van der Waals surface area contributed by atoms with Crippen molar-refractivity contribution in [2.24, 2.45) is 0 Å². The molecule has 0 radical (unpaired) electrons. The van der Waals surface area contributed by atoms with Gasteiger partial charge in [-0.15, -0.1) is 42.0 Å². The standard InChI is InChI=1S/C21H25.C13H10.C9H7S.2ClH.Zr/c1-20(2,3)16-9-7-14-11-15-8-10-17(21(4,5)6)13-19(15)18(14)12-16;1-3-7-12(8-4-1)11-13-9-5-2-6-10-13;1-2-4-8(3-1)9-5-6-10-7-9;;;/h7,9-10,12-13H,11H2,1-6H3;1-10H;1,3,5-7H,2H2;2*1H;/q-1;;-1;;;+2. The van der Waals surface area contributed by atoms with Crippen LogP contribution in [0.4, 0.5) is 0 Å². The molecule has 2 aliphatic carbocycles. The third kappa shape index (κ3) is 10.2. The van der Waals surface area contributed by atoms with Gasteiger partial charge in [0, 0.05) is 0 Å². The van der Waals surface area contributed by atoms with Gasteiger partial charge in [-0.05, 0) is 22.8 Å². The summed E-state index contributed by atoms with van der Waals surface area (Å²) in [5, 5.41) is 4.24. The van der Waals surface area contributed by atoms with Crippen molar-refractivity contribution in [1.29, 1.82) is 0 Å². The minimum absolute atomic E-state index is 0. The van der Waals surface area contributed by atoms with Crippen molar-refractivity contribution in [3.63, 3.8) is 0 Å². The van der Waals surface area contributed by atoms with Gasteiger partial charge >= 0.3 is 99.2 Å². The van der Waals surface area contributed by atoms with E-state index in [9.17, 15) is 0 Å². The van der Waals surface area contributed by atoms with Gasteiger partial charge in [0.15, 0.2) is 0 Å². The molecule has 0 fully saturated rings. The molecule has 5 aromatic rings. The summed E-state index contributed by atoms with van der Waals surface area (Å²) in [4.78, 5) is 0. The summed E-state index contributed by atoms with van der Waals surface area (Å²) in [5.41, 5.74) is 14.0. The number of benzene rings is 4. The Bertz CT molecular complexity index is 1700. The zero-order valence-corrected chi connectivity index (χ0v) is 33.1. The van der Waals surface area contributed by atoms with Crippen molar-refractivity contribution < 1.29 is 24.2 Å². The zero-order chi connectivity index (χ0) is 32.0. The first-order valence-electron chi connectivity index (χ1n) is 15.7. The molecule has 0 aliphatic heterocycles. The number of halogens is 2. The van der Waals surface area contributed by atoms with Gasteiger partial charge in [-0.2, -0.15) is 58.4 Å². The molecule has 2 aliphatic rings. The molecule has 240 valence electrons. The average Bonchev–Trinajstić information content (AvgIpc) is 3.82. The van der Waals surface area contributed by atoms with E-state index >= 15 is 0 Å². The number of allylic oxidation sites excluding steroid dienone is 4. The second kappa shape index (κ2) is 17.2. The molecule has 0 unspecified atom stereocenters. The monoisotopic (exact) mass is 752 g/mol. The van der Waals surface area contributed by atoms with Crippen LogP contribution >= 0.6 is 36.2 Å². The molecule has 0 amide bonds. The van der Waals surface area contributed by atoms with Crippen LogP contribution in [0.3, 0.4) is 0 Å². The Morgan fingerprint density at radius 2 is 1.32 bits per heavy atom. The Hall–Kier alpha value is -2.61. The summed E-state index contributed by atoms with van der Waals surface area (Å²) in [6.45, 7) is 13.6. The molecule has 1 heterocycles. The Kier molecular flexibility index (Phi) is 14.2. The van der Waals surface area contributed by atoms with E-state index < -0.39 is 0 Å². The number of hydrogen-bond acceptors (Lipinski definition) is 1. The molecule has 7 rings (SSSR count). The normalized spacial score (nSPS) is 12.6. The maximum absolute atomic E-state index is 3.53. The quantitative estimate of drug-likeness (QED) is 0.158. The van der Waals surface area contributed by atoms with Crippen molar-refractivity contribution >= 4 is 44.9 Å². The van der Waals surface area contributed by atoms with E-state index in [0.717, 1.165) is 12.8 Å². The first kappa shape index (κ1) is 38.8. The van der Waals surface area contributed by atoms with Gasteiger partial charge in [0.2, 0.25) is 0 Å². The van der Waals surface area contributed by atoms with Crippen LogP contribution in [0.1, 0.15) is 86.9 Å². The van der Waals surface area contributed by atoms with Crippen molar-refractivity contribution in [1.82, 2.24) is 0 Å². The SMILES string of the molecule is CC(C)(C)c1c[c-]c2c(c1)-c1cc(C(C)(C)C)ccc1C2.Cl.Cl.[C-]1=C(c2ccsc2)C=CC1.[Zr+2]=[C](c1ccccc1)c1ccccc1. The number of rotatable bonds is 3. The van der Waals surface area contributed by atoms with Gasteiger partial charge < -0.3 is 0 Å². The first-order valence-corrected chi connectivity index (χ1v) is 17.9. The predicted molar refractivity (Wildman–Crippen MR) is 206 cm³/mol. The van der Waals surface area contributed by atoms with Crippen LogP contribution in [0.2, 0.25) is 0 Å². The fraction of sp³-hybridized carbons (Fsp3) is 0.233. The topological polar surface area (TPSA) is 0 Å². The van der Waals surface area contributed by atoms with Crippen LogP contribution in [-0.4, -0.2) is 3.21 Å². The van der Waals surface area contributed by atoms with E-state index in [1.807, 2.05) is 0 Å². The van der Waals surface area contributed by atoms with E-state index in [1.54, 1.807) is 11.3 Å². The Balaban J connectivity index is 0.000000200. The van der Waals surface area contributed by atoms with Crippen molar-refractivity contribution in [3.05, 3.63) is 171 Å². The number of fused-ring (bicyclic) bond motifs is 3. The van der Waals surface area contributed by atoms with Gasteiger partial charge in [-0.25, -0.2) is 0 Å². The molecule has 0 spiro atoms. The summed E-state index contributed by atoms with van der Waals surface area (Å²) in [6, 6.07) is 38.3. The molecule has 0 bridgehead atoms. The van der Waals surface area contributed by atoms with Crippen molar-refractivity contribution in [2.45, 2.75) is 65.2 Å². The Morgan fingerprint density at radius 1 is 0.723 bits per heavy atom. The Labute approximate surface area is 314 Å². The predicted octanol–water partition coefficient (Wildman–Crippen LogP) is 12.2. The molecule has 1 aromatic heterocycles. The fourth-order valence-electron chi connectivity index (χ4n) is 5.38.